The molecule has 5 heteroatoms. The van der Waals surface area contributed by atoms with Gasteiger partial charge in [-0.1, -0.05) is 30.3 Å². The summed E-state index contributed by atoms with van der Waals surface area (Å²) in [5.41, 5.74) is 2.48. The van der Waals surface area contributed by atoms with Gasteiger partial charge in [-0.05, 0) is 24.0 Å². The molecule has 0 spiro atoms. The van der Waals surface area contributed by atoms with E-state index >= 15 is 0 Å². The van der Waals surface area contributed by atoms with Crippen LogP contribution in [0, 0.1) is 0 Å². The highest BCUT2D eigenvalue weighted by Gasteiger charge is 2.24. The van der Waals surface area contributed by atoms with Crippen molar-refractivity contribution in [1.82, 2.24) is 10.2 Å². The predicted molar refractivity (Wildman–Crippen MR) is 75.6 cm³/mol. The molecule has 0 heterocycles. The normalized spacial score (nSPS) is 13.6. The Morgan fingerprint density at radius 1 is 1.35 bits per heavy atom. The van der Waals surface area contributed by atoms with Gasteiger partial charge in [0.1, 0.15) is 6.54 Å². The minimum absolute atomic E-state index is 0.0287. The first-order valence-electron chi connectivity index (χ1n) is 6.55. The lowest BCUT2D eigenvalue weighted by molar-refractivity contribution is -0.137. The summed E-state index contributed by atoms with van der Waals surface area (Å²) in [5.74, 6) is -1.03. The van der Waals surface area contributed by atoms with Crippen LogP contribution in [0.4, 0.5) is 4.79 Å². The highest BCUT2D eigenvalue weighted by Crippen LogP contribution is 2.21. The van der Waals surface area contributed by atoms with E-state index < -0.39 is 5.97 Å². The Bertz CT molecular complexity index is 503. The lowest BCUT2D eigenvalue weighted by atomic mass is 10.1. The Balaban J connectivity index is 1.94. The van der Waals surface area contributed by atoms with Gasteiger partial charge in [0.05, 0.1) is 0 Å². The SMILES string of the molecule is C=CCN(CC(=O)O)C(=O)NC1Cc2ccccc2C1. The molecule has 5 nitrogen and oxygen atoms in total. The summed E-state index contributed by atoms with van der Waals surface area (Å²) in [6.07, 6.45) is 3.10. The topological polar surface area (TPSA) is 69.6 Å². The van der Waals surface area contributed by atoms with E-state index in [-0.39, 0.29) is 25.2 Å². The first kappa shape index (κ1) is 14.1. The Morgan fingerprint density at radius 3 is 2.45 bits per heavy atom. The van der Waals surface area contributed by atoms with Gasteiger partial charge in [0.25, 0.3) is 0 Å². The molecule has 1 aliphatic carbocycles. The van der Waals surface area contributed by atoms with Crippen molar-refractivity contribution in [3.05, 3.63) is 48.0 Å². The van der Waals surface area contributed by atoms with E-state index in [4.69, 9.17) is 5.11 Å². The predicted octanol–water partition coefficient (Wildman–Crippen LogP) is 1.44. The number of carboxylic acid groups (broad SMARTS) is 1. The second-order valence-corrected chi connectivity index (χ2v) is 4.89. The number of hydrogen-bond donors (Lipinski definition) is 2. The van der Waals surface area contributed by atoms with E-state index in [2.05, 4.69) is 24.0 Å². The van der Waals surface area contributed by atoms with Crippen molar-refractivity contribution < 1.29 is 14.7 Å². The number of carboxylic acids is 1. The summed E-state index contributed by atoms with van der Waals surface area (Å²) >= 11 is 0. The van der Waals surface area contributed by atoms with Gasteiger partial charge >= 0.3 is 12.0 Å². The van der Waals surface area contributed by atoms with Crippen molar-refractivity contribution in [2.24, 2.45) is 0 Å². The molecular formula is C15H18N2O3. The molecule has 106 valence electrons. The minimum atomic E-state index is -1.03. The van der Waals surface area contributed by atoms with Crippen LogP contribution in [0.1, 0.15) is 11.1 Å². The van der Waals surface area contributed by atoms with Gasteiger partial charge in [-0.25, -0.2) is 4.79 Å². The standard InChI is InChI=1S/C15H18N2O3/c1-2-7-17(10-14(18)19)15(20)16-13-8-11-5-3-4-6-12(11)9-13/h2-6,13H,1,7-10H2,(H,16,20)(H,18,19). The molecule has 2 N–H and O–H groups in total. The summed E-state index contributed by atoms with van der Waals surface area (Å²) in [4.78, 5) is 24.1. The fourth-order valence-corrected chi connectivity index (χ4v) is 2.47. The van der Waals surface area contributed by atoms with Crippen molar-refractivity contribution in [3.63, 3.8) is 0 Å². The Labute approximate surface area is 117 Å². The quantitative estimate of drug-likeness (QED) is 0.798. The number of nitrogens with zero attached hydrogens (tertiary/aromatic N) is 1. The maximum atomic E-state index is 12.1. The second-order valence-electron chi connectivity index (χ2n) is 4.89. The Hall–Kier alpha value is -2.30. The number of hydrogen-bond acceptors (Lipinski definition) is 2. The third-order valence-electron chi connectivity index (χ3n) is 3.34. The Kier molecular flexibility index (Phi) is 4.40. The monoisotopic (exact) mass is 274 g/mol. The molecule has 0 bridgehead atoms. The molecule has 0 aliphatic heterocycles. The van der Waals surface area contributed by atoms with Gasteiger partial charge in [-0.2, -0.15) is 0 Å². The van der Waals surface area contributed by atoms with Crippen LogP contribution in [-0.2, 0) is 17.6 Å². The first-order chi connectivity index (χ1) is 9.60. The molecule has 0 saturated heterocycles. The molecule has 0 aromatic heterocycles. The highest BCUT2D eigenvalue weighted by molar-refractivity contribution is 5.80. The lowest BCUT2D eigenvalue weighted by Gasteiger charge is -2.22. The number of urea groups is 1. The lowest BCUT2D eigenvalue weighted by Crippen LogP contribution is -2.47. The van der Waals surface area contributed by atoms with Crippen LogP contribution >= 0.6 is 0 Å². The highest BCUT2D eigenvalue weighted by atomic mass is 16.4. The van der Waals surface area contributed by atoms with Crippen LogP contribution in [0.15, 0.2) is 36.9 Å². The van der Waals surface area contributed by atoms with Crippen molar-refractivity contribution in [2.45, 2.75) is 18.9 Å². The van der Waals surface area contributed by atoms with Crippen molar-refractivity contribution in [2.75, 3.05) is 13.1 Å². The molecular weight excluding hydrogens is 256 g/mol. The van der Waals surface area contributed by atoms with E-state index in [1.807, 2.05) is 12.1 Å². The summed E-state index contributed by atoms with van der Waals surface area (Å²) in [6.45, 7) is 3.44. The third-order valence-corrected chi connectivity index (χ3v) is 3.34. The van der Waals surface area contributed by atoms with Crippen LogP contribution in [0.2, 0.25) is 0 Å². The molecule has 0 unspecified atom stereocenters. The summed E-state index contributed by atoms with van der Waals surface area (Å²) in [5, 5.41) is 11.7. The molecule has 0 saturated carbocycles. The summed E-state index contributed by atoms with van der Waals surface area (Å²) in [7, 11) is 0. The average molecular weight is 274 g/mol. The smallest absolute Gasteiger partial charge is 0.323 e. The number of carbonyl (C=O) groups is 2. The molecule has 0 atom stereocenters. The Morgan fingerprint density at radius 2 is 1.95 bits per heavy atom. The fraction of sp³-hybridized carbons (Fsp3) is 0.333. The zero-order valence-corrected chi connectivity index (χ0v) is 11.2. The number of amides is 2. The van der Waals surface area contributed by atoms with Crippen molar-refractivity contribution in [3.8, 4) is 0 Å². The van der Waals surface area contributed by atoms with Crippen LogP contribution < -0.4 is 5.32 Å². The fourth-order valence-electron chi connectivity index (χ4n) is 2.47. The van der Waals surface area contributed by atoms with Crippen LogP contribution in [0.25, 0.3) is 0 Å². The van der Waals surface area contributed by atoms with E-state index in [0.29, 0.717) is 0 Å². The van der Waals surface area contributed by atoms with Crippen molar-refractivity contribution >= 4 is 12.0 Å². The number of fused-ring (bicyclic) bond motifs is 1. The average Bonchev–Trinajstić information content (AvgIpc) is 2.79. The largest absolute Gasteiger partial charge is 0.480 e. The zero-order valence-electron chi connectivity index (χ0n) is 11.2. The zero-order chi connectivity index (χ0) is 14.5. The number of benzene rings is 1. The van der Waals surface area contributed by atoms with Gasteiger partial charge in [0.15, 0.2) is 0 Å². The molecule has 1 aliphatic rings. The summed E-state index contributed by atoms with van der Waals surface area (Å²) in [6, 6.07) is 7.75. The maximum absolute atomic E-state index is 12.1. The molecule has 0 radical (unpaired) electrons. The van der Waals surface area contributed by atoms with Crippen LogP contribution in [-0.4, -0.2) is 41.1 Å². The van der Waals surface area contributed by atoms with Gasteiger partial charge in [0.2, 0.25) is 0 Å². The van der Waals surface area contributed by atoms with Gasteiger partial charge < -0.3 is 15.3 Å². The number of rotatable bonds is 5. The number of nitrogens with one attached hydrogen (secondary N) is 1. The molecule has 0 fully saturated rings. The van der Waals surface area contributed by atoms with Crippen LogP contribution in [0.3, 0.4) is 0 Å². The molecule has 20 heavy (non-hydrogen) atoms. The van der Waals surface area contributed by atoms with Crippen LogP contribution in [0.5, 0.6) is 0 Å². The molecule has 1 aromatic carbocycles. The molecule has 2 amide bonds. The van der Waals surface area contributed by atoms with Gasteiger partial charge in [-0.3, -0.25) is 4.79 Å². The first-order valence-corrected chi connectivity index (χ1v) is 6.55. The third kappa shape index (κ3) is 3.38. The molecule has 2 rings (SSSR count). The number of aliphatic carboxylic acids is 1. The van der Waals surface area contributed by atoms with Gasteiger partial charge in [0, 0.05) is 12.6 Å². The van der Waals surface area contributed by atoms with E-state index in [1.165, 1.54) is 22.1 Å². The number of carbonyl (C=O) groups excluding carboxylic acids is 1. The van der Waals surface area contributed by atoms with E-state index in [9.17, 15) is 9.59 Å². The van der Waals surface area contributed by atoms with E-state index in [0.717, 1.165) is 12.8 Å². The maximum Gasteiger partial charge on any atom is 0.323 e. The summed E-state index contributed by atoms with van der Waals surface area (Å²) < 4.78 is 0. The van der Waals surface area contributed by atoms with Gasteiger partial charge in [-0.15, -0.1) is 6.58 Å². The van der Waals surface area contributed by atoms with E-state index in [1.54, 1.807) is 0 Å². The molecule has 1 aromatic rings. The minimum Gasteiger partial charge on any atom is -0.480 e. The van der Waals surface area contributed by atoms with Crippen molar-refractivity contribution in [1.29, 1.82) is 0 Å². The second kappa shape index (κ2) is 6.23.